The molecule has 1 heterocycles. The summed E-state index contributed by atoms with van der Waals surface area (Å²) in [6.07, 6.45) is 1.53. The molecule has 0 aliphatic carbocycles. The number of benzene rings is 1. The molecule has 1 aromatic carbocycles. The number of hydrogen-bond acceptors (Lipinski definition) is 4. The fraction of sp³-hybridized carbons (Fsp3) is 0.231. The van der Waals surface area contributed by atoms with Gasteiger partial charge in [-0.05, 0) is 31.5 Å². The van der Waals surface area contributed by atoms with Gasteiger partial charge in [-0.2, -0.15) is 0 Å². The average Bonchev–Trinajstić information content (AvgIpc) is 2.37. The van der Waals surface area contributed by atoms with E-state index in [2.05, 4.69) is 20.6 Å². The van der Waals surface area contributed by atoms with Crippen molar-refractivity contribution >= 4 is 28.9 Å². The van der Waals surface area contributed by atoms with Crippen LogP contribution in [0.2, 0.25) is 5.02 Å². The lowest BCUT2D eigenvalue weighted by Crippen LogP contribution is -2.03. The Labute approximate surface area is 111 Å². The monoisotopic (exact) mass is 262 g/mol. The standard InChI is InChI=1S/C13H15ClN4/c1-8-10(14)5-4-6-11(8)18-13-9(2)12(15-3)16-7-17-13/h4-7H,1-3H3,(H2,15,16,17,18). The molecule has 0 bridgehead atoms. The van der Waals surface area contributed by atoms with E-state index >= 15 is 0 Å². The highest BCUT2D eigenvalue weighted by atomic mass is 35.5. The van der Waals surface area contributed by atoms with E-state index in [4.69, 9.17) is 11.6 Å². The normalized spacial score (nSPS) is 10.2. The molecule has 1 aromatic heterocycles. The van der Waals surface area contributed by atoms with Crippen LogP contribution in [0, 0.1) is 13.8 Å². The van der Waals surface area contributed by atoms with Crippen molar-refractivity contribution in [3.8, 4) is 0 Å². The van der Waals surface area contributed by atoms with E-state index in [1.165, 1.54) is 6.33 Å². The smallest absolute Gasteiger partial charge is 0.138 e. The fourth-order valence-electron chi connectivity index (χ4n) is 1.70. The molecule has 18 heavy (non-hydrogen) atoms. The molecule has 2 aromatic rings. The lowest BCUT2D eigenvalue weighted by molar-refractivity contribution is 1.12. The van der Waals surface area contributed by atoms with Gasteiger partial charge < -0.3 is 10.6 Å². The van der Waals surface area contributed by atoms with E-state index in [0.29, 0.717) is 0 Å². The van der Waals surface area contributed by atoms with Crippen molar-refractivity contribution in [3.05, 3.63) is 40.7 Å². The van der Waals surface area contributed by atoms with Gasteiger partial charge >= 0.3 is 0 Å². The van der Waals surface area contributed by atoms with Gasteiger partial charge in [-0.3, -0.25) is 0 Å². The van der Waals surface area contributed by atoms with Crippen molar-refractivity contribution in [2.75, 3.05) is 17.7 Å². The Bertz CT molecular complexity index is 569. The van der Waals surface area contributed by atoms with Gasteiger partial charge in [-0.1, -0.05) is 17.7 Å². The van der Waals surface area contributed by atoms with Gasteiger partial charge in [0.1, 0.15) is 18.0 Å². The maximum atomic E-state index is 6.09. The van der Waals surface area contributed by atoms with E-state index in [1.54, 1.807) is 0 Å². The van der Waals surface area contributed by atoms with Crippen molar-refractivity contribution in [2.45, 2.75) is 13.8 Å². The molecular weight excluding hydrogens is 248 g/mol. The topological polar surface area (TPSA) is 49.8 Å². The number of aromatic nitrogens is 2. The van der Waals surface area contributed by atoms with Crippen LogP contribution < -0.4 is 10.6 Å². The highest BCUT2D eigenvalue weighted by Gasteiger charge is 2.08. The Kier molecular flexibility index (Phi) is 3.67. The Balaban J connectivity index is 2.37. The van der Waals surface area contributed by atoms with Crippen LogP contribution >= 0.6 is 11.6 Å². The van der Waals surface area contributed by atoms with Gasteiger partial charge in [0, 0.05) is 23.3 Å². The number of nitrogens with zero attached hydrogens (tertiary/aromatic N) is 2. The first-order valence-corrected chi connectivity index (χ1v) is 6.02. The highest BCUT2D eigenvalue weighted by Crippen LogP contribution is 2.27. The third-order valence-electron chi connectivity index (χ3n) is 2.84. The first-order valence-electron chi connectivity index (χ1n) is 5.65. The third kappa shape index (κ3) is 2.38. The van der Waals surface area contributed by atoms with E-state index in [1.807, 2.05) is 39.1 Å². The summed E-state index contributed by atoms with van der Waals surface area (Å²) >= 11 is 6.09. The minimum atomic E-state index is 0.737. The number of rotatable bonds is 3. The molecule has 0 atom stereocenters. The molecule has 2 rings (SSSR count). The number of hydrogen-bond donors (Lipinski definition) is 2. The van der Waals surface area contributed by atoms with Crippen LogP contribution in [0.3, 0.4) is 0 Å². The maximum Gasteiger partial charge on any atom is 0.138 e. The van der Waals surface area contributed by atoms with Gasteiger partial charge in [0.15, 0.2) is 0 Å². The lowest BCUT2D eigenvalue weighted by atomic mass is 10.2. The quantitative estimate of drug-likeness (QED) is 0.888. The summed E-state index contributed by atoms with van der Waals surface area (Å²) in [4.78, 5) is 8.40. The molecule has 94 valence electrons. The van der Waals surface area contributed by atoms with Crippen LogP contribution in [0.5, 0.6) is 0 Å². The molecular formula is C13H15ClN4. The number of halogens is 1. The van der Waals surface area contributed by atoms with Crippen molar-refractivity contribution in [1.29, 1.82) is 0 Å². The van der Waals surface area contributed by atoms with E-state index < -0.39 is 0 Å². The van der Waals surface area contributed by atoms with Gasteiger partial charge in [0.25, 0.3) is 0 Å². The Hall–Kier alpha value is -1.81. The molecule has 0 aliphatic heterocycles. The fourth-order valence-corrected chi connectivity index (χ4v) is 1.87. The zero-order valence-corrected chi connectivity index (χ0v) is 11.3. The Morgan fingerprint density at radius 1 is 1.06 bits per heavy atom. The summed E-state index contributed by atoms with van der Waals surface area (Å²) < 4.78 is 0. The molecule has 0 fully saturated rings. The van der Waals surface area contributed by atoms with Crippen LogP contribution in [0.4, 0.5) is 17.3 Å². The van der Waals surface area contributed by atoms with Crippen LogP contribution in [-0.4, -0.2) is 17.0 Å². The summed E-state index contributed by atoms with van der Waals surface area (Å²) in [5.41, 5.74) is 2.92. The minimum Gasteiger partial charge on any atom is -0.373 e. The van der Waals surface area contributed by atoms with Gasteiger partial charge in [-0.15, -0.1) is 0 Å². The lowest BCUT2D eigenvalue weighted by Gasteiger charge is -2.13. The Morgan fingerprint density at radius 3 is 2.50 bits per heavy atom. The van der Waals surface area contributed by atoms with Crippen molar-refractivity contribution in [3.63, 3.8) is 0 Å². The summed E-state index contributed by atoms with van der Waals surface area (Å²) in [6, 6.07) is 5.75. The highest BCUT2D eigenvalue weighted by molar-refractivity contribution is 6.31. The second-order valence-electron chi connectivity index (χ2n) is 3.98. The van der Waals surface area contributed by atoms with Crippen molar-refractivity contribution in [1.82, 2.24) is 9.97 Å². The third-order valence-corrected chi connectivity index (χ3v) is 3.25. The molecule has 0 saturated heterocycles. The molecule has 0 aliphatic rings. The predicted octanol–water partition coefficient (Wildman–Crippen LogP) is 3.53. The summed E-state index contributed by atoms with van der Waals surface area (Å²) in [6.45, 7) is 3.94. The summed E-state index contributed by atoms with van der Waals surface area (Å²) in [5.74, 6) is 1.59. The van der Waals surface area contributed by atoms with Crippen LogP contribution in [0.1, 0.15) is 11.1 Å². The average molecular weight is 263 g/mol. The predicted molar refractivity (Wildman–Crippen MR) is 75.8 cm³/mol. The molecule has 0 spiro atoms. The molecule has 0 saturated carbocycles. The van der Waals surface area contributed by atoms with Crippen molar-refractivity contribution < 1.29 is 0 Å². The van der Waals surface area contributed by atoms with Crippen LogP contribution in [0.25, 0.3) is 0 Å². The second kappa shape index (κ2) is 5.23. The molecule has 0 radical (unpaired) electrons. The SMILES string of the molecule is CNc1ncnc(Nc2cccc(Cl)c2C)c1C. The van der Waals surface area contributed by atoms with E-state index in [9.17, 15) is 0 Å². The zero-order chi connectivity index (χ0) is 13.1. The summed E-state index contributed by atoms with van der Waals surface area (Å²) in [5, 5.41) is 7.05. The molecule has 0 amide bonds. The van der Waals surface area contributed by atoms with Gasteiger partial charge in [-0.25, -0.2) is 9.97 Å². The van der Waals surface area contributed by atoms with E-state index in [-0.39, 0.29) is 0 Å². The first kappa shape index (κ1) is 12.6. The maximum absolute atomic E-state index is 6.09. The first-order chi connectivity index (χ1) is 8.63. The molecule has 4 nitrogen and oxygen atoms in total. The zero-order valence-electron chi connectivity index (χ0n) is 10.6. The van der Waals surface area contributed by atoms with Crippen molar-refractivity contribution in [2.24, 2.45) is 0 Å². The number of nitrogens with one attached hydrogen (secondary N) is 2. The van der Waals surface area contributed by atoms with Crippen LogP contribution in [0.15, 0.2) is 24.5 Å². The van der Waals surface area contributed by atoms with Gasteiger partial charge in [0.05, 0.1) is 0 Å². The second-order valence-corrected chi connectivity index (χ2v) is 4.39. The largest absolute Gasteiger partial charge is 0.373 e. The number of anilines is 3. The molecule has 2 N–H and O–H groups in total. The van der Waals surface area contributed by atoms with E-state index in [0.717, 1.165) is 33.5 Å². The Morgan fingerprint density at radius 2 is 1.78 bits per heavy atom. The molecule has 5 heteroatoms. The minimum absolute atomic E-state index is 0.737. The summed E-state index contributed by atoms with van der Waals surface area (Å²) in [7, 11) is 1.84. The molecule has 0 unspecified atom stereocenters. The van der Waals surface area contributed by atoms with Gasteiger partial charge in [0.2, 0.25) is 0 Å². The van der Waals surface area contributed by atoms with Crippen LogP contribution in [-0.2, 0) is 0 Å².